The molecule has 0 bridgehead atoms. The van der Waals surface area contributed by atoms with Crippen molar-refractivity contribution in [1.82, 2.24) is 4.98 Å². The largest absolute Gasteiger partial charge is 0.494 e. The van der Waals surface area contributed by atoms with E-state index in [1.165, 1.54) is 13.2 Å². The van der Waals surface area contributed by atoms with E-state index in [0.29, 0.717) is 22.3 Å². The molecular weight excluding hydrogens is 328 g/mol. The van der Waals surface area contributed by atoms with Gasteiger partial charge in [-0.1, -0.05) is 23.5 Å². The van der Waals surface area contributed by atoms with E-state index in [9.17, 15) is 9.59 Å². The molecule has 0 saturated carbocycles. The molecule has 6 nitrogen and oxygen atoms in total. The molecule has 0 aliphatic rings. The fourth-order valence-corrected chi connectivity index (χ4v) is 2.78. The number of nitrogens with zero attached hydrogens (tertiary/aromatic N) is 1. The summed E-state index contributed by atoms with van der Waals surface area (Å²) < 4.78 is 10.0. The molecule has 2 rings (SSSR count). The Kier molecular flexibility index (Phi) is 6.08. The second-order valence-electron chi connectivity index (χ2n) is 4.75. The first-order valence-electron chi connectivity index (χ1n) is 7.31. The highest BCUT2D eigenvalue weighted by molar-refractivity contribution is 7.17. The number of aromatic nitrogens is 1. The van der Waals surface area contributed by atoms with Crippen LogP contribution in [0.2, 0.25) is 0 Å². The third-order valence-electron chi connectivity index (χ3n) is 3.02. The summed E-state index contributed by atoms with van der Waals surface area (Å²) in [6.45, 7) is 4.22. The maximum absolute atomic E-state index is 11.9. The number of thiazole rings is 1. The van der Waals surface area contributed by atoms with E-state index in [0.717, 1.165) is 22.6 Å². The molecule has 1 N–H and O–H groups in total. The Labute approximate surface area is 144 Å². The minimum atomic E-state index is -0.463. The average Bonchev–Trinajstić information content (AvgIpc) is 2.94. The topological polar surface area (TPSA) is 77.5 Å². The van der Waals surface area contributed by atoms with Crippen LogP contribution >= 0.6 is 11.3 Å². The molecule has 0 atom stereocenters. The first-order valence-corrected chi connectivity index (χ1v) is 8.12. The molecule has 0 unspecified atom stereocenters. The SMILES string of the molecule is CCOc1ccc(/C=C/C(=O)Nc2nc(C)c(C(=O)OC)s2)cc1. The highest BCUT2D eigenvalue weighted by atomic mass is 32.1. The Balaban J connectivity index is 1.98. The van der Waals surface area contributed by atoms with Crippen molar-refractivity contribution in [3.05, 3.63) is 46.5 Å². The van der Waals surface area contributed by atoms with E-state index < -0.39 is 5.97 Å². The van der Waals surface area contributed by atoms with Crippen LogP contribution in [0.5, 0.6) is 5.75 Å². The number of rotatable bonds is 6. The number of aryl methyl sites for hydroxylation is 1. The number of esters is 1. The van der Waals surface area contributed by atoms with Crippen LogP contribution in [0.4, 0.5) is 5.13 Å². The lowest BCUT2D eigenvalue weighted by Gasteiger charge is -2.02. The molecule has 24 heavy (non-hydrogen) atoms. The van der Waals surface area contributed by atoms with Crippen molar-refractivity contribution in [3.8, 4) is 5.75 Å². The van der Waals surface area contributed by atoms with Gasteiger partial charge in [0.2, 0.25) is 5.91 Å². The highest BCUT2D eigenvalue weighted by Crippen LogP contribution is 2.23. The van der Waals surface area contributed by atoms with Gasteiger partial charge >= 0.3 is 5.97 Å². The van der Waals surface area contributed by atoms with Gasteiger partial charge in [-0.25, -0.2) is 9.78 Å². The maximum atomic E-state index is 11.9. The Morgan fingerprint density at radius 2 is 2.00 bits per heavy atom. The third kappa shape index (κ3) is 4.66. The molecule has 1 aromatic carbocycles. The predicted octanol–water partition coefficient (Wildman–Crippen LogP) is 3.29. The standard InChI is InChI=1S/C17H18N2O4S/c1-4-23-13-8-5-12(6-9-13)7-10-14(20)19-17-18-11(2)15(24-17)16(21)22-3/h5-10H,4H2,1-3H3,(H,18,19,20)/b10-7+. The first kappa shape index (κ1) is 17.7. The number of hydrogen-bond acceptors (Lipinski definition) is 6. The minimum Gasteiger partial charge on any atom is -0.494 e. The molecule has 1 amide bonds. The molecule has 1 heterocycles. The normalized spacial score (nSPS) is 10.6. The van der Waals surface area contributed by atoms with Crippen molar-refractivity contribution in [2.75, 3.05) is 19.0 Å². The van der Waals surface area contributed by atoms with Crippen molar-refractivity contribution in [3.63, 3.8) is 0 Å². The summed E-state index contributed by atoms with van der Waals surface area (Å²) in [5.74, 6) is -0.00261. The lowest BCUT2D eigenvalue weighted by molar-refractivity contribution is -0.111. The van der Waals surface area contributed by atoms with E-state index >= 15 is 0 Å². The van der Waals surface area contributed by atoms with Crippen LogP contribution in [-0.4, -0.2) is 30.6 Å². The van der Waals surface area contributed by atoms with Gasteiger partial charge in [-0.05, 0) is 37.6 Å². The number of nitrogens with one attached hydrogen (secondary N) is 1. The van der Waals surface area contributed by atoms with Gasteiger partial charge in [-0.15, -0.1) is 0 Å². The van der Waals surface area contributed by atoms with Crippen LogP contribution in [0.25, 0.3) is 6.08 Å². The number of ether oxygens (including phenoxy) is 2. The number of anilines is 1. The van der Waals surface area contributed by atoms with Crippen molar-refractivity contribution in [2.24, 2.45) is 0 Å². The molecule has 7 heteroatoms. The van der Waals surface area contributed by atoms with Gasteiger partial charge in [-0.3, -0.25) is 10.1 Å². The highest BCUT2D eigenvalue weighted by Gasteiger charge is 2.16. The van der Waals surface area contributed by atoms with Crippen LogP contribution in [0, 0.1) is 6.92 Å². The number of carbonyl (C=O) groups is 2. The number of methoxy groups -OCH3 is 1. The Morgan fingerprint density at radius 3 is 2.62 bits per heavy atom. The van der Waals surface area contributed by atoms with Gasteiger partial charge in [0.1, 0.15) is 10.6 Å². The summed E-state index contributed by atoms with van der Waals surface area (Å²) >= 11 is 1.08. The van der Waals surface area contributed by atoms with E-state index in [4.69, 9.17) is 4.74 Å². The van der Waals surface area contributed by atoms with Crippen molar-refractivity contribution < 1.29 is 19.1 Å². The zero-order valence-corrected chi connectivity index (χ0v) is 14.5. The molecule has 0 aliphatic carbocycles. The van der Waals surface area contributed by atoms with Crippen LogP contribution in [-0.2, 0) is 9.53 Å². The first-order chi connectivity index (χ1) is 11.5. The van der Waals surface area contributed by atoms with Gasteiger partial charge in [0.25, 0.3) is 0 Å². The molecule has 1 aromatic heterocycles. The fraction of sp³-hybridized carbons (Fsp3) is 0.235. The average molecular weight is 346 g/mol. The lowest BCUT2D eigenvalue weighted by Crippen LogP contribution is -2.07. The van der Waals surface area contributed by atoms with Gasteiger partial charge in [-0.2, -0.15) is 0 Å². The molecule has 0 aliphatic heterocycles. The monoisotopic (exact) mass is 346 g/mol. The van der Waals surface area contributed by atoms with Crippen LogP contribution < -0.4 is 10.1 Å². The van der Waals surface area contributed by atoms with E-state index in [-0.39, 0.29) is 5.91 Å². The molecule has 0 saturated heterocycles. The molecule has 0 radical (unpaired) electrons. The van der Waals surface area contributed by atoms with Crippen molar-refractivity contribution in [2.45, 2.75) is 13.8 Å². The number of carbonyl (C=O) groups excluding carboxylic acids is 2. The van der Waals surface area contributed by atoms with E-state index in [1.807, 2.05) is 31.2 Å². The molecule has 2 aromatic rings. The van der Waals surface area contributed by atoms with Crippen molar-refractivity contribution in [1.29, 1.82) is 0 Å². The molecule has 126 valence electrons. The summed E-state index contributed by atoms with van der Waals surface area (Å²) in [7, 11) is 1.30. The second-order valence-corrected chi connectivity index (χ2v) is 5.75. The van der Waals surface area contributed by atoms with Gasteiger partial charge in [0, 0.05) is 6.08 Å². The number of benzene rings is 1. The van der Waals surface area contributed by atoms with Crippen molar-refractivity contribution >= 4 is 34.4 Å². The van der Waals surface area contributed by atoms with Gasteiger partial charge < -0.3 is 9.47 Å². The van der Waals surface area contributed by atoms with Crippen LogP contribution in [0.3, 0.4) is 0 Å². The Morgan fingerprint density at radius 1 is 1.29 bits per heavy atom. The number of amides is 1. The predicted molar refractivity (Wildman–Crippen MR) is 93.5 cm³/mol. The fourth-order valence-electron chi connectivity index (χ4n) is 1.89. The molecule has 0 spiro atoms. The summed E-state index contributed by atoms with van der Waals surface area (Å²) in [4.78, 5) is 28.0. The number of hydrogen-bond donors (Lipinski definition) is 1. The minimum absolute atomic E-state index is 0.325. The summed E-state index contributed by atoms with van der Waals surface area (Å²) in [5.41, 5.74) is 1.40. The van der Waals surface area contributed by atoms with E-state index in [2.05, 4.69) is 15.0 Å². The zero-order valence-electron chi connectivity index (χ0n) is 13.7. The van der Waals surface area contributed by atoms with Gasteiger partial charge in [0.15, 0.2) is 5.13 Å². The zero-order chi connectivity index (χ0) is 17.5. The second kappa shape index (κ2) is 8.26. The lowest BCUT2D eigenvalue weighted by atomic mass is 10.2. The quantitative estimate of drug-likeness (QED) is 0.641. The Bertz CT molecular complexity index is 750. The molecule has 0 fully saturated rings. The van der Waals surface area contributed by atoms with Crippen LogP contribution in [0.15, 0.2) is 30.3 Å². The maximum Gasteiger partial charge on any atom is 0.350 e. The summed E-state index contributed by atoms with van der Waals surface area (Å²) in [5, 5.41) is 2.99. The smallest absolute Gasteiger partial charge is 0.350 e. The van der Waals surface area contributed by atoms with Crippen LogP contribution in [0.1, 0.15) is 27.9 Å². The summed E-state index contributed by atoms with van der Waals surface area (Å²) in [6, 6.07) is 7.40. The molecular formula is C17H18N2O4S. The van der Waals surface area contributed by atoms with E-state index in [1.54, 1.807) is 13.0 Å². The summed E-state index contributed by atoms with van der Waals surface area (Å²) in [6.07, 6.45) is 3.09. The Hall–Kier alpha value is -2.67. The van der Waals surface area contributed by atoms with Gasteiger partial charge in [0.05, 0.1) is 19.4 Å². The third-order valence-corrected chi connectivity index (χ3v) is 4.07.